The molecule has 5 rings (SSSR count). The van der Waals surface area contributed by atoms with Crippen LogP contribution in [0.4, 0.5) is 0 Å². The third-order valence-corrected chi connectivity index (χ3v) is 5.47. The highest BCUT2D eigenvalue weighted by Crippen LogP contribution is 2.40. The summed E-state index contributed by atoms with van der Waals surface area (Å²) in [6, 6.07) is 11.4. The Hall–Kier alpha value is -2.06. The highest BCUT2D eigenvalue weighted by molar-refractivity contribution is 6.61. The van der Waals surface area contributed by atoms with Crippen molar-refractivity contribution in [2.75, 3.05) is 0 Å². The number of hydrogen-bond donors (Lipinski definition) is 1. The van der Waals surface area contributed by atoms with Crippen LogP contribution in [0.5, 0.6) is 17.2 Å². The molecule has 0 radical (unpaired) electrons. The third kappa shape index (κ3) is 3.51. The number of hydrogen-bond acceptors (Lipinski definition) is 6. The van der Waals surface area contributed by atoms with E-state index in [4.69, 9.17) is 23.6 Å². The smallest absolute Gasteiger partial charge is 0.487 e. The molecule has 0 bridgehead atoms. The summed E-state index contributed by atoms with van der Waals surface area (Å²) in [4.78, 5) is 0. The van der Waals surface area contributed by atoms with Crippen LogP contribution in [0.3, 0.4) is 0 Å². The van der Waals surface area contributed by atoms with E-state index in [1.54, 1.807) is 0 Å². The second kappa shape index (κ2) is 7.41. The molecule has 1 N–H and O–H groups in total. The Balaban J connectivity index is 1.40. The Bertz CT molecular complexity index is 860. The van der Waals surface area contributed by atoms with Crippen molar-refractivity contribution in [3.63, 3.8) is 0 Å². The first-order valence-electron chi connectivity index (χ1n) is 9.87. The molecule has 3 aliphatic rings. The maximum Gasteiger partial charge on any atom is 0.491 e. The van der Waals surface area contributed by atoms with Crippen molar-refractivity contribution in [1.29, 1.82) is 0 Å². The second-order valence-corrected chi connectivity index (χ2v) is 7.53. The lowest BCUT2D eigenvalue weighted by Gasteiger charge is -2.34. The summed E-state index contributed by atoms with van der Waals surface area (Å²) in [5.41, 5.74) is 2.65. The Morgan fingerprint density at radius 2 is 1.86 bits per heavy atom. The molecule has 2 aromatic carbocycles. The molecule has 146 valence electrons. The topological polar surface area (TPSA) is 66.4 Å². The van der Waals surface area contributed by atoms with Crippen LogP contribution in [0.2, 0.25) is 0 Å². The largest absolute Gasteiger partial charge is 0.491 e. The monoisotopic (exact) mass is 382 g/mol. The van der Waals surface area contributed by atoms with Crippen molar-refractivity contribution < 1.29 is 28.6 Å². The molecule has 2 fully saturated rings. The van der Waals surface area contributed by atoms with Crippen LogP contribution in [0, 0.1) is 0 Å². The van der Waals surface area contributed by atoms with E-state index >= 15 is 0 Å². The van der Waals surface area contributed by atoms with E-state index in [1.165, 1.54) is 12.8 Å². The highest BCUT2D eigenvalue weighted by Gasteiger charge is 2.30. The first kappa shape index (κ1) is 18.0. The lowest BCUT2D eigenvalue weighted by Crippen LogP contribution is -2.31. The van der Waals surface area contributed by atoms with Gasteiger partial charge in [0.1, 0.15) is 5.75 Å². The van der Waals surface area contributed by atoms with Crippen molar-refractivity contribution in [1.82, 2.24) is 0 Å². The van der Waals surface area contributed by atoms with Crippen molar-refractivity contribution >= 4 is 12.6 Å². The van der Waals surface area contributed by atoms with Gasteiger partial charge in [-0.3, -0.25) is 0 Å². The first-order valence-corrected chi connectivity index (χ1v) is 9.87. The lowest BCUT2D eigenvalue weighted by molar-refractivity contribution is -0.382. The fourth-order valence-corrected chi connectivity index (χ4v) is 3.95. The normalized spacial score (nSPS) is 24.1. The lowest BCUT2D eigenvalue weighted by atomic mass is 9.80. The zero-order valence-corrected chi connectivity index (χ0v) is 15.8. The van der Waals surface area contributed by atoms with Gasteiger partial charge in [0.2, 0.25) is 0 Å². The van der Waals surface area contributed by atoms with Gasteiger partial charge in [0.25, 0.3) is 0 Å². The Labute approximate surface area is 164 Å². The van der Waals surface area contributed by atoms with E-state index in [0.717, 1.165) is 29.4 Å². The molecule has 1 saturated carbocycles. The number of benzene rings is 2. The van der Waals surface area contributed by atoms with Gasteiger partial charge in [-0.25, -0.2) is 0 Å². The summed E-state index contributed by atoms with van der Waals surface area (Å²) in [6.45, 7) is 2.25. The quantitative estimate of drug-likeness (QED) is 0.800. The average molecular weight is 382 g/mol. The Kier molecular flexibility index (Phi) is 4.76. The van der Waals surface area contributed by atoms with Crippen LogP contribution in [0.15, 0.2) is 36.4 Å². The van der Waals surface area contributed by atoms with Gasteiger partial charge in [0.15, 0.2) is 24.1 Å². The molecule has 0 aromatic heterocycles. The molecule has 0 amide bonds. The van der Waals surface area contributed by atoms with Gasteiger partial charge in [-0.2, -0.15) is 0 Å². The SMILES string of the molecule is CC1OC(c2ccc(Oc3ccc4c(c3)COB4O)c(OC3CCCC3)c2)O1. The summed E-state index contributed by atoms with van der Waals surface area (Å²) in [6.07, 6.45) is 4.19. The Morgan fingerprint density at radius 3 is 2.64 bits per heavy atom. The van der Waals surface area contributed by atoms with Crippen molar-refractivity contribution in [3.8, 4) is 17.2 Å². The zero-order chi connectivity index (χ0) is 19.1. The maximum absolute atomic E-state index is 9.79. The summed E-state index contributed by atoms with van der Waals surface area (Å²) >= 11 is 0. The van der Waals surface area contributed by atoms with Crippen molar-refractivity contribution in [3.05, 3.63) is 47.5 Å². The van der Waals surface area contributed by atoms with Crippen LogP contribution in [-0.4, -0.2) is 24.5 Å². The minimum Gasteiger partial charge on any atom is -0.487 e. The van der Waals surface area contributed by atoms with Gasteiger partial charge in [-0.1, -0.05) is 6.07 Å². The molecule has 0 atom stereocenters. The zero-order valence-electron chi connectivity index (χ0n) is 15.8. The average Bonchev–Trinajstić information content (AvgIpc) is 3.31. The van der Waals surface area contributed by atoms with E-state index in [0.29, 0.717) is 23.9 Å². The van der Waals surface area contributed by atoms with Gasteiger partial charge in [0.05, 0.1) is 12.7 Å². The van der Waals surface area contributed by atoms with Gasteiger partial charge in [-0.05, 0) is 74.0 Å². The van der Waals surface area contributed by atoms with Gasteiger partial charge < -0.3 is 28.6 Å². The highest BCUT2D eigenvalue weighted by atomic mass is 16.9. The molecule has 7 heteroatoms. The maximum atomic E-state index is 9.79. The van der Waals surface area contributed by atoms with Crippen LogP contribution in [0.1, 0.15) is 50.0 Å². The number of rotatable bonds is 5. The molecule has 28 heavy (non-hydrogen) atoms. The van der Waals surface area contributed by atoms with E-state index in [9.17, 15) is 5.02 Å². The van der Waals surface area contributed by atoms with Crippen molar-refractivity contribution in [2.45, 2.75) is 57.9 Å². The van der Waals surface area contributed by atoms with E-state index in [-0.39, 0.29) is 18.7 Å². The standard InChI is InChI=1S/C21H23BO6/c1-13-25-21(26-13)14-6-9-19(20(11-14)27-16-4-2-3-5-16)28-17-7-8-18-15(10-17)12-24-22(18)23/h6-11,13,16,21,23H,2-5,12H2,1H3. The van der Waals surface area contributed by atoms with Crippen molar-refractivity contribution in [2.24, 2.45) is 0 Å². The molecule has 0 spiro atoms. The van der Waals surface area contributed by atoms with E-state index < -0.39 is 7.12 Å². The third-order valence-electron chi connectivity index (χ3n) is 5.47. The molecular weight excluding hydrogens is 359 g/mol. The second-order valence-electron chi connectivity index (χ2n) is 7.53. The Morgan fingerprint density at radius 1 is 1.04 bits per heavy atom. The summed E-state index contributed by atoms with van der Waals surface area (Å²) in [5, 5.41) is 9.79. The summed E-state index contributed by atoms with van der Waals surface area (Å²) in [5.74, 6) is 2.04. The van der Waals surface area contributed by atoms with Crippen LogP contribution >= 0.6 is 0 Å². The molecule has 0 unspecified atom stereocenters. The number of fused-ring (bicyclic) bond motifs is 1. The fourth-order valence-electron chi connectivity index (χ4n) is 3.95. The van der Waals surface area contributed by atoms with Gasteiger partial charge >= 0.3 is 7.12 Å². The molecule has 2 aliphatic heterocycles. The minimum atomic E-state index is -0.852. The number of ether oxygens (including phenoxy) is 4. The van der Waals surface area contributed by atoms with Crippen LogP contribution in [0.25, 0.3) is 0 Å². The molecule has 2 aromatic rings. The minimum absolute atomic E-state index is 0.177. The summed E-state index contributed by atoms with van der Waals surface area (Å²) < 4.78 is 28.9. The van der Waals surface area contributed by atoms with Crippen LogP contribution in [-0.2, 0) is 20.7 Å². The van der Waals surface area contributed by atoms with Gasteiger partial charge in [0, 0.05) is 5.56 Å². The first-order chi connectivity index (χ1) is 13.7. The fraction of sp³-hybridized carbons (Fsp3) is 0.429. The molecular formula is C21H23BO6. The molecule has 1 aliphatic carbocycles. The molecule has 6 nitrogen and oxygen atoms in total. The predicted octanol–water partition coefficient (Wildman–Crippen LogP) is 3.41. The van der Waals surface area contributed by atoms with Crippen LogP contribution < -0.4 is 14.9 Å². The molecule has 2 heterocycles. The predicted molar refractivity (Wildman–Crippen MR) is 103 cm³/mol. The summed E-state index contributed by atoms with van der Waals surface area (Å²) in [7, 11) is -0.852. The van der Waals surface area contributed by atoms with Gasteiger partial charge in [-0.15, -0.1) is 0 Å². The molecule has 1 saturated heterocycles. The van der Waals surface area contributed by atoms with E-state index in [1.807, 2.05) is 43.3 Å². The van der Waals surface area contributed by atoms with E-state index in [2.05, 4.69) is 0 Å².